The standard InChI is InChI=1S/C10H20F2/c1-7(2)6-9(5)10(11,12)8(3)4/h7-9H,6H2,1-5H3. The van der Waals surface area contributed by atoms with E-state index in [0.29, 0.717) is 12.3 Å². The second kappa shape index (κ2) is 4.20. The van der Waals surface area contributed by atoms with Crippen molar-refractivity contribution in [3.8, 4) is 0 Å². The third-order valence-electron chi connectivity index (χ3n) is 2.25. The number of hydrogen-bond donors (Lipinski definition) is 0. The van der Waals surface area contributed by atoms with Crippen molar-refractivity contribution in [3.05, 3.63) is 0 Å². The molecule has 0 aliphatic heterocycles. The van der Waals surface area contributed by atoms with Crippen LogP contribution in [-0.2, 0) is 0 Å². The number of rotatable bonds is 4. The van der Waals surface area contributed by atoms with E-state index in [1.165, 1.54) is 0 Å². The second-order valence-corrected chi connectivity index (χ2v) is 4.36. The van der Waals surface area contributed by atoms with Gasteiger partial charge in [0.05, 0.1) is 0 Å². The van der Waals surface area contributed by atoms with Crippen LogP contribution in [0.25, 0.3) is 0 Å². The molecule has 0 aromatic heterocycles. The summed E-state index contributed by atoms with van der Waals surface area (Å²) in [5.41, 5.74) is 0. The monoisotopic (exact) mass is 178 g/mol. The van der Waals surface area contributed by atoms with E-state index < -0.39 is 17.8 Å². The summed E-state index contributed by atoms with van der Waals surface area (Å²) in [4.78, 5) is 0. The Morgan fingerprint density at radius 2 is 1.42 bits per heavy atom. The van der Waals surface area contributed by atoms with Crippen LogP contribution < -0.4 is 0 Å². The van der Waals surface area contributed by atoms with Crippen molar-refractivity contribution in [2.24, 2.45) is 17.8 Å². The van der Waals surface area contributed by atoms with Crippen LogP contribution in [0.2, 0.25) is 0 Å². The predicted molar refractivity (Wildman–Crippen MR) is 48.4 cm³/mol. The van der Waals surface area contributed by atoms with E-state index in [1.54, 1.807) is 20.8 Å². The lowest BCUT2D eigenvalue weighted by molar-refractivity contribution is -0.0970. The van der Waals surface area contributed by atoms with Gasteiger partial charge in [-0.2, -0.15) is 0 Å². The Labute approximate surface area is 74.4 Å². The van der Waals surface area contributed by atoms with Gasteiger partial charge in [-0.25, -0.2) is 8.78 Å². The van der Waals surface area contributed by atoms with E-state index in [1.807, 2.05) is 13.8 Å². The Morgan fingerprint density at radius 3 is 1.67 bits per heavy atom. The molecule has 0 saturated heterocycles. The molecule has 1 unspecified atom stereocenters. The van der Waals surface area contributed by atoms with Gasteiger partial charge in [-0.3, -0.25) is 0 Å². The Bertz CT molecular complexity index is 128. The maximum absolute atomic E-state index is 13.3. The Hall–Kier alpha value is -0.140. The molecular formula is C10H20F2. The minimum atomic E-state index is -2.51. The minimum Gasteiger partial charge on any atom is -0.206 e. The first kappa shape index (κ1) is 11.9. The van der Waals surface area contributed by atoms with Crippen molar-refractivity contribution >= 4 is 0 Å². The van der Waals surface area contributed by atoms with E-state index in [2.05, 4.69) is 0 Å². The average molecular weight is 178 g/mol. The summed E-state index contributed by atoms with van der Waals surface area (Å²) in [6.45, 7) is 8.76. The number of hydrogen-bond acceptors (Lipinski definition) is 0. The van der Waals surface area contributed by atoms with Crippen molar-refractivity contribution in [2.75, 3.05) is 0 Å². The summed E-state index contributed by atoms with van der Waals surface area (Å²) in [5, 5.41) is 0. The van der Waals surface area contributed by atoms with E-state index in [9.17, 15) is 8.78 Å². The Kier molecular flexibility index (Phi) is 4.15. The van der Waals surface area contributed by atoms with Crippen molar-refractivity contribution in [2.45, 2.75) is 47.0 Å². The van der Waals surface area contributed by atoms with E-state index >= 15 is 0 Å². The van der Waals surface area contributed by atoms with Gasteiger partial charge in [0.1, 0.15) is 0 Å². The molecule has 1 atom stereocenters. The van der Waals surface area contributed by atoms with Gasteiger partial charge < -0.3 is 0 Å². The largest absolute Gasteiger partial charge is 0.252 e. The SMILES string of the molecule is CC(C)CC(C)C(F)(F)C(C)C. The fourth-order valence-corrected chi connectivity index (χ4v) is 1.43. The van der Waals surface area contributed by atoms with Gasteiger partial charge in [-0.15, -0.1) is 0 Å². The first-order valence-electron chi connectivity index (χ1n) is 4.66. The molecule has 12 heavy (non-hydrogen) atoms. The van der Waals surface area contributed by atoms with Crippen molar-refractivity contribution in [3.63, 3.8) is 0 Å². The van der Waals surface area contributed by atoms with Gasteiger partial charge >= 0.3 is 0 Å². The summed E-state index contributed by atoms with van der Waals surface area (Å²) in [6.07, 6.45) is 0.602. The first-order valence-corrected chi connectivity index (χ1v) is 4.66. The summed E-state index contributed by atoms with van der Waals surface area (Å²) >= 11 is 0. The fourth-order valence-electron chi connectivity index (χ4n) is 1.43. The molecule has 0 radical (unpaired) electrons. The molecule has 0 aromatic rings. The van der Waals surface area contributed by atoms with Gasteiger partial charge in [-0.1, -0.05) is 34.6 Å². The topological polar surface area (TPSA) is 0 Å². The van der Waals surface area contributed by atoms with Crippen LogP contribution in [0.3, 0.4) is 0 Å². The number of halogens is 2. The van der Waals surface area contributed by atoms with Crippen molar-refractivity contribution < 1.29 is 8.78 Å². The zero-order valence-electron chi connectivity index (χ0n) is 8.70. The van der Waals surface area contributed by atoms with Crippen LogP contribution in [0, 0.1) is 17.8 Å². The van der Waals surface area contributed by atoms with Crippen LogP contribution in [-0.4, -0.2) is 5.92 Å². The van der Waals surface area contributed by atoms with Gasteiger partial charge in [-0.05, 0) is 12.3 Å². The molecule has 2 heteroatoms. The maximum atomic E-state index is 13.3. The minimum absolute atomic E-state index is 0.352. The third kappa shape index (κ3) is 3.08. The lowest BCUT2D eigenvalue weighted by atomic mass is 9.87. The summed E-state index contributed by atoms with van der Waals surface area (Å²) in [7, 11) is 0. The van der Waals surface area contributed by atoms with E-state index in [4.69, 9.17) is 0 Å². The molecule has 74 valence electrons. The molecule has 0 nitrogen and oxygen atoms in total. The third-order valence-corrected chi connectivity index (χ3v) is 2.25. The molecule has 0 saturated carbocycles. The molecule has 0 aromatic carbocycles. The van der Waals surface area contributed by atoms with Gasteiger partial charge in [0.15, 0.2) is 0 Å². The van der Waals surface area contributed by atoms with E-state index in [0.717, 1.165) is 0 Å². The van der Waals surface area contributed by atoms with Crippen molar-refractivity contribution in [1.29, 1.82) is 0 Å². The highest BCUT2D eigenvalue weighted by molar-refractivity contribution is 4.77. The molecule has 0 rings (SSSR count). The zero-order chi connectivity index (χ0) is 9.94. The molecule has 0 bridgehead atoms. The first-order chi connectivity index (χ1) is 5.28. The Morgan fingerprint density at radius 1 is 1.00 bits per heavy atom. The van der Waals surface area contributed by atoms with Gasteiger partial charge in [0, 0.05) is 11.8 Å². The predicted octanol–water partition coefficient (Wildman–Crippen LogP) is 3.96. The zero-order valence-corrected chi connectivity index (χ0v) is 8.70. The van der Waals surface area contributed by atoms with Crippen LogP contribution in [0.4, 0.5) is 8.78 Å². The fraction of sp³-hybridized carbons (Fsp3) is 1.00. The molecule has 0 fully saturated rings. The average Bonchev–Trinajstić information content (AvgIpc) is 1.85. The lowest BCUT2D eigenvalue weighted by Crippen LogP contribution is -2.32. The van der Waals surface area contributed by atoms with Crippen molar-refractivity contribution in [1.82, 2.24) is 0 Å². The molecule has 0 amide bonds. The maximum Gasteiger partial charge on any atom is 0.252 e. The Balaban J connectivity index is 4.15. The summed E-state index contributed by atoms with van der Waals surface area (Å²) < 4.78 is 26.6. The summed E-state index contributed by atoms with van der Waals surface area (Å²) in [5.74, 6) is -3.21. The normalized spacial score (nSPS) is 15.8. The molecular weight excluding hydrogens is 158 g/mol. The van der Waals surface area contributed by atoms with Gasteiger partial charge in [0.2, 0.25) is 0 Å². The quantitative estimate of drug-likeness (QED) is 0.611. The highest BCUT2D eigenvalue weighted by Gasteiger charge is 2.39. The van der Waals surface area contributed by atoms with Gasteiger partial charge in [0.25, 0.3) is 5.92 Å². The smallest absolute Gasteiger partial charge is 0.206 e. The number of alkyl halides is 2. The highest BCUT2D eigenvalue weighted by atomic mass is 19.3. The van der Waals surface area contributed by atoms with E-state index in [-0.39, 0.29) is 0 Å². The molecule has 0 heterocycles. The highest BCUT2D eigenvalue weighted by Crippen LogP contribution is 2.35. The second-order valence-electron chi connectivity index (χ2n) is 4.36. The molecule has 0 aliphatic rings. The molecule has 0 N–H and O–H groups in total. The molecule has 0 aliphatic carbocycles. The summed E-state index contributed by atoms with van der Waals surface area (Å²) in [6, 6.07) is 0. The van der Waals surface area contributed by atoms with Crippen LogP contribution >= 0.6 is 0 Å². The molecule has 0 spiro atoms. The lowest BCUT2D eigenvalue weighted by Gasteiger charge is -2.28. The van der Waals surface area contributed by atoms with Crippen LogP contribution in [0.5, 0.6) is 0 Å². The van der Waals surface area contributed by atoms with Crippen LogP contribution in [0.1, 0.15) is 41.0 Å². The van der Waals surface area contributed by atoms with Crippen LogP contribution in [0.15, 0.2) is 0 Å².